The highest BCUT2D eigenvalue weighted by Gasteiger charge is 2.43. The van der Waals surface area contributed by atoms with Crippen LogP contribution in [-0.4, -0.2) is 16.9 Å². The molecule has 128 valence electrons. The molecule has 1 heterocycles. The van der Waals surface area contributed by atoms with E-state index in [0.717, 1.165) is 12.0 Å². The van der Waals surface area contributed by atoms with Gasteiger partial charge in [-0.2, -0.15) is 0 Å². The molecule has 7 heteroatoms. The van der Waals surface area contributed by atoms with Crippen LogP contribution < -0.4 is 16.2 Å². The molecule has 1 aliphatic carbocycles. The zero-order chi connectivity index (χ0) is 17.6. The summed E-state index contributed by atoms with van der Waals surface area (Å²) < 4.78 is 5.08. The van der Waals surface area contributed by atoms with Crippen molar-refractivity contribution in [3.8, 4) is 0 Å². The molecule has 0 spiro atoms. The summed E-state index contributed by atoms with van der Waals surface area (Å²) in [5, 5.41) is 2.47. The summed E-state index contributed by atoms with van der Waals surface area (Å²) in [6.07, 6.45) is 5.13. The van der Waals surface area contributed by atoms with Gasteiger partial charge in [0, 0.05) is 12.0 Å². The molecule has 25 heavy (non-hydrogen) atoms. The molecule has 3 N–H and O–H groups in total. The number of rotatable bonds is 4. The second-order valence-corrected chi connectivity index (χ2v) is 6.05. The lowest BCUT2D eigenvalue weighted by Gasteiger charge is -2.09. The lowest BCUT2D eigenvalue weighted by molar-refractivity contribution is -0.123. The van der Waals surface area contributed by atoms with Gasteiger partial charge in [0.25, 0.3) is 0 Å². The van der Waals surface area contributed by atoms with E-state index < -0.39 is 5.91 Å². The summed E-state index contributed by atoms with van der Waals surface area (Å²) in [5.41, 5.74) is 6.23. The fourth-order valence-corrected chi connectivity index (χ4v) is 2.64. The van der Waals surface area contributed by atoms with Crippen LogP contribution in [0.4, 0.5) is 0 Å². The van der Waals surface area contributed by atoms with Crippen LogP contribution in [0.5, 0.6) is 0 Å². The van der Waals surface area contributed by atoms with Gasteiger partial charge in [0.2, 0.25) is 11.8 Å². The van der Waals surface area contributed by atoms with Crippen LogP contribution in [0, 0.1) is 5.92 Å². The monoisotopic (exact) mass is 355 g/mol. The van der Waals surface area contributed by atoms with Crippen LogP contribution in [0.15, 0.2) is 59.2 Å². The third-order valence-electron chi connectivity index (χ3n) is 3.83. The molecule has 1 saturated carbocycles. The highest BCUT2D eigenvalue weighted by atomic mass is 32.1. The molecule has 1 aromatic heterocycles. The Kier molecular flexibility index (Phi) is 5.25. The number of amides is 2. The number of benzene rings is 1. The molecule has 6 nitrogen and oxygen atoms in total. The number of carbonyl (C=O) groups is 2. The van der Waals surface area contributed by atoms with Crippen LogP contribution in [0.3, 0.4) is 0 Å². The molecule has 3 rings (SSSR count). The summed E-state index contributed by atoms with van der Waals surface area (Å²) in [5.74, 6) is 0.158. The quantitative estimate of drug-likeness (QED) is 0.445. The van der Waals surface area contributed by atoms with Crippen molar-refractivity contribution in [2.24, 2.45) is 5.92 Å². The molecule has 0 aliphatic heterocycles. The number of thiocarbonyl (C=S) groups is 1. The van der Waals surface area contributed by atoms with Gasteiger partial charge in [-0.15, -0.1) is 0 Å². The molecule has 2 unspecified atom stereocenters. The minimum atomic E-state index is -0.420. The summed E-state index contributed by atoms with van der Waals surface area (Å²) in [6.45, 7) is 0. The van der Waals surface area contributed by atoms with E-state index in [1.54, 1.807) is 12.1 Å². The first-order chi connectivity index (χ1) is 12.1. The van der Waals surface area contributed by atoms with Gasteiger partial charge in [-0.05, 0) is 48.3 Å². The Hall–Kier alpha value is -2.93. The normalized spacial score (nSPS) is 18.6. The molecular formula is C18H17N3O3S. The average molecular weight is 355 g/mol. The standard InChI is InChI=1S/C18H17N3O3S/c22-16(9-8-13-7-4-10-24-13)19-18(25)21-20-17(23)15-11-14(15)12-5-2-1-3-6-12/h1-10,14-15H,11H2,(H,20,23)(H2,19,21,22,25). The summed E-state index contributed by atoms with van der Waals surface area (Å²) in [7, 11) is 0. The largest absolute Gasteiger partial charge is 0.465 e. The predicted molar refractivity (Wildman–Crippen MR) is 97.1 cm³/mol. The van der Waals surface area contributed by atoms with Gasteiger partial charge in [-0.1, -0.05) is 30.3 Å². The van der Waals surface area contributed by atoms with Gasteiger partial charge in [0.1, 0.15) is 5.76 Å². The van der Waals surface area contributed by atoms with E-state index in [1.807, 2.05) is 30.3 Å². The number of furan rings is 1. The molecule has 1 aromatic carbocycles. The van der Waals surface area contributed by atoms with Gasteiger partial charge in [-0.3, -0.25) is 25.8 Å². The van der Waals surface area contributed by atoms with Gasteiger partial charge >= 0.3 is 0 Å². The van der Waals surface area contributed by atoms with Crippen molar-refractivity contribution in [2.45, 2.75) is 12.3 Å². The Bertz CT molecular complexity index is 787. The van der Waals surface area contributed by atoms with E-state index in [-0.39, 0.29) is 22.9 Å². The topological polar surface area (TPSA) is 83.4 Å². The first-order valence-electron chi connectivity index (χ1n) is 7.81. The Labute approximate surface area is 150 Å². The number of nitrogens with one attached hydrogen (secondary N) is 3. The summed E-state index contributed by atoms with van der Waals surface area (Å²) in [6, 6.07) is 13.3. The van der Waals surface area contributed by atoms with Crippen molar-refractivity contribution >= 4 is 35.2 Å². The molecule has 0 saturated heterocycles. The zero-order valence-electron chi connectivity index (χ0n) is 13.3. The van der Waals surface area contributed by atoms with Crippen LogP contribution in [0.2, 0.25) is 0 Å². The van der Waals surface area contributed by atoms with Crippen molar-refractivity contribution in [2.75, 3.05) is 0 Å². The SMILES string of the molecule is O=C(C=Cc1ccco1)NC(=S)NNC(=O)C1CC1c1ccccc1. The lowest BCUT2D eigenvalue weighted by Crippen LogP contribution is -2.48. The van der Waals surface area contributed by atoms with Gasteiger partial charge in [0.15, 0.2) is 5.11 Å². The fourth-order valence-electron chi connectivity index (χ4n) is 2.49. The molecule has 0 bridgehead atoms. The molecule has 1 aliphatic rings. The maximum Gasteiger partial charge on any atom is 0.250 e. The van der Waals surface area contributed by atoms with Crippen molar-refractivity contribution in [1.29, 1.82) is 0 Å². The second-order valence-electron chi connectivity index (χ2n) is 5.64. The van der Waals surface area contributed by atoms with Crippen molar-refractivity contribution in [1.82, 2.24) is 16.2 Å². The Morgan fingerprint density at radius 2 is 1.92 bits per heavy atom. The van der Waals surface area contributed by atoms with E-state index in [4.69, 9.17) is 16.6 Å². The third-order valence-corrected chi connectivity index (χ3v) is 4.04. The minimum absolute atomic E-state index is 0.0272. The predicted octanol–water partition coefficient (Wildman–Crippen LogP) is 2.12. The number of hydrogen-bond acceptors (Lipinski definition) is 4. The summed E-state index contributed by atoms with van der Waals surface area (Å²) >= 11 is 4.98. The van der Waals surface area contributed by atoms with Crippen molar-refractivity contribution in [3.05, 3.63) is 66.1 Å². The van der Waals surface area contributed by atoms with Crippen molar-refractivity contribution in [3.63, 3.8) is 0 Å². The average Bonchev–Trinajstić information content (AvgIpc) is 3.26. The van der Waals surface area contributed by atoms with E-state index in [9.17, 15) is 9.59 Å². The Morgan fingerprint density at radius 3 is 2.64 bits per heavy atom. The number of hydrazine groups is 1. The molecule has 2 amide bonds. The minimum Gasteiger partial charge on any atom is -0.465 e. The summed E-state index contributed by atoms with van der Waals surface area (Å²) in [4.78, 5) is 23.8. The van der Waals surface area contributed by atoms with Crippen LogP contribution in [0.1, 0.15) is 23.7 Å². The maximum absolute atomic E-state index is 12.1. The van der Waals surface area contributed by atoms with Crippen molar-refractivity contribution < 1.29 is 14.0 Å². The van der Waals surface area contributed by atoms with Gasteiger partial charge in [-0.25, -0.2) is 0 Å². The second kappa shape index (κ2) is 7.76. The van der Waals surface area contributed by atoms with E-state index >= 15 is 0 Å². The number of carbonyl (C=O) groups excluding carboxylic acids is 2. The first-order valence-corrected chi connectivity index (χ1v) is 8.21. The smallest absolute Gasteiger partial charge is 0.250 e. The molecule has 2 aromatic rings. The van der Waals surface area contributed by atoms with E-state index in [2.05, 4.69) is 16.2 Å². The Morgan fingerprint density at radius 1 is 1.12 bits per heavy atom. The zero-order valence-corrected chi connectivity index (χ0v) is 14.1. The maximum atomic E-state index is 12.1. The third kappa shape index (κ3) is 4.77. The van der Waals surface area contributed by atoms with Crippen LogP contribution >= 0.6 is 12.2 Å². The molecule has 1 fully saturated rings. The van der Waals surface area contributed by atoms with Gasteiger partial charge < -0.3 is 4.42 Å². The van der Waals surface area contributed by atoms with Crippen LogP contribution in [0.25, 0.3) is 6.08 Å². The first kappa shape index (κ1) is 16.9. The van der Waals surface area contributed by atoms with E-state index in [0.29, 0.717) is 5.76 Å². The molecule has 2 atom stereocenters. The van der Waals surface area contributed by atoms with Gasteiger partial charge in [0.05, 0.1) is 6.26 Å². The van der Waals surface area contributed by atoms with Crippen LogP contribution in [-0.2, 0) is 9.59 Å². The fraction of sp³-hybridized carbons (Fsp3) is 0.167. The molecular weight excluding hydrogens is 338 g/mol. The number of hydrogen-bond donors (Lipinski definition) is 3. The molecule has 0 radical (unpaired) electrons. The highest BCUT2D eigenvalue weighted by molar-refractivity contribution is 7.80. The lowest BCUT2D eigenvalue weighted by atomic mass is 10.1. The van der Waals surface area contributed by atoms with E-state index in [1.165, 1.54) is 18.4 Å². The highest BCUT2D eigenvalue weighted by Crippen LogP contribution is 2.47. The Balaban J connectivity index is 1.39.